The Morgan fingerprint density at radius 3 is 2.29 bits per heavy atom. The first-order valence-electron chi connectivity index (χ1n) is 7.74. The van der Waals surface area contributed by atoms with Gasteiger partial charge in [0.1, 0.15) is 0 Å². The minimum Gasteiger partial charge on any atom is -0.369 e. The molecule has 0 aliphatic carbocycles. The quantitative estimate of drug-likeness (QED) is 0.736. The lowest BCUT2D eigenvalue weighted by Crippen LogP contribution is -2.15. The van der Waals surface area contributed by atoms with E-state index in [1.165, 1.54) is 16.7 Å². The molecule has 0 spiro atoms. The molecule has 2 heteroatoms. The molecule has 0 bridgehead atoms. The summed E-state index contributed by atoms with van der Waals surface area (Å²) in [6, 6.07) is 19.1. The van der Waals surface area contributed by atoms with Gasteiger partial charge in [0.15, 0.2) is 0 Å². The zero-order chi connectivity index (χ0) is 14.9. The monoisotopic (exact) mass is 283 g/mol. The van der Waals surface area contributed by atoms with E-state index in [9.17, 15) is 0 Å². The van der Waals surface area contributed by atoms with Crippen LogP contribution in [0.15, 0.2) is 54.6 Å². The Balaban J connectivity index is 1.80. The molecule has 0 aromatic heterocycles. The van der Waals surface area contributed by atoms with Crippen LogP contribution in [-0.2, 0) is 17.8 Å². The van der Waals surface area contributed by atoms with Crippen LogP contribution in [-0.4, -0.2) is 13.1 Å². The average molecular weight is 283 g/mol. The second-order valence-electron chi connectivity index (χ2n) is 5.28. The summed E-state index contributed by atoms with van der Waals surface area (Å²) >= 11 is 0. The van der Waals surface area contributed by atoms with Crippen molar-refractivity contribution in [3.63, 3.8) is 0 Å². The Morgan fingerprint density at radius 1 is 0.952 bits per heavy atom. The molecule has 2 nitrogen and oxygen atoms in total. The van der Waals surface area contributed by atoms with Crippen molar-refractivity contribution in [1.82, 2.24) is 5.32 Å². The average Bonchev–Trinajstić information content (AvgIpc) is 2.55. The fraction of sp³-hybridized carbons (Fsp3) is 0.368. The Bertz CT molecular complexity index is 507. The number of benzene rings is 2. The van der Waals surface area contributed by atoms with Crippen LogP contribution < -0.4 is 5.32 Å². The summed E-state index contributed by atoms with van der Waals surface area (Å²) in [4.78, 5) is 0. The van der Waals surface area contributed by atoms with E-state index >= 15 is 0 Å². The molecule has 0 radical (unpaired) electrons. The molecule has 0 amide bonds. The third-order valence-electron chi connectivity index (χ3n) is 3.63. The lowest BCUT2D eigenvalue weighted by molar-refractivity contribution is 0.0525. The van der Waals surface area contributed by atoms with E-state index in [2.05, 4.69) is 55.6 Å². The molecule has 0 fully saturated rings. The second kappa shape index (κ2) is 8.60. The van der Waals surface area contributed by atoms with Crippen molar-refractivity contribution in [1.29, 1.82) is 0 Å². The lowest BCUT2D eigenvalue weighted by atomic mass is 10.1. The minimum atomic E-state index is 0.125. The largest absolute Gasteiger partial charge is 0.369 e. The summed E-state index contributed by atoms with van der Waals surface area (Å²) in [6.45, 7) is 6.96. The van der Waals surface area contributed by atoms with Crippen LogP contribution in [0.5, 0.6) is 0 Å². The van der Waals surface area contributed by atoms with E-state index in [1.807, 2.05) is 18.2 Å². The highest BCUT2D eigenvalue weighted by Crippen LogP contribution is 2.18. The summed E-state index contributed by atoms with van der Waals surface area (Å²) in [7, 11) is 0. The van der Waals surface area contributed by atoms with Gasteiger partial charge in [0.2, 0.25) is 0 Å². The molecule has 2 rings (SSSR count). The van der Waals surface area contributed by atoms with Gasteiger partial charge < -0.3 is 10.1 Å². The zero-order valence-corrected chi connectivity index (χ0v) is 13.0. The topological polar surface area (TPSA) is 21.3 Å². The molecular formula is C19H25NO. The van der Waals surface area contributed by atoms with Crippen molar-refractivity contribution in [2.45, 2.75) is 33.0 Å². The summed E-state index contributed by atoms with van der Waals surface area (Å²) < 4.78 is 5.94. The number of likely N-dealkylation sites (N-methyl/N-ethyl adjacent to an activating group) is 1. The number of rotatable bonds is 8. The van der Waals surface area contributed by atoms with Crippen LogP contribution in [0.1, 0.15) is 36.6 Å². The second-order valence-corrected chi connectivity index (χ2v) is 5.28. The molecule has 1 atom stereocenters. The third-order valence-corrected chi connectivity index (χ3v) is 3.63. The van der Waals surface area contributed by atoms with Crippen molar-refractivity contribution in [2.75, 3.05) is 13.1 Å². The van der Waals surface area contributed by atoms with E-state index in [1.54, 1.807) is 0 Å². The predicted octanol–water partition coefficient (Wildman–Crippen LogP) is 4.12. The first-order chi connectivity index (χ1) is 10.3. The Hall–Kier alpha value is -1.64. The number of nitrogens with one attached hydrogen (secondary N) is 1. The number of hydrogen-bond donors (Lipinski definition) is 1. The Morgan fingerprint density at radius 2 is 1.62 bits per heavy atom. The zero-order valence-electron chi connectivity index (χ0n) is 13.0. The van der Waals surface area contributed by atoms with Gasteiger partial charge in [-0.05, 0) is 43.1 Å². The van der Waals surface area contributed by atoms with E-state index in [-0.39, 0.29) is 6.10 Å². The van der Waals surface area contributed by atoms with Gasteiger partial charge in [-0.25, -0.2) is 0 Å². The maximum Gasteiger partial charge on any atom is 0.0801 e. The first-order valence-corrected chi connectivity index (χ1v) is 7.74. The van der Waals surface area contributed by atoms with Gasteiger partial charge in [0, 0.05) is 0 Å². The molecular weight excluding hydrogens is 258 g/mol. The van der Waals surface area contributed by atoms with Crippen LogP contribution in [0.25, 0.3) is 0 Å². The number of ether oxygens (including phenoxy) is 1. The molecule has 0 saturated carbocycles. The van der Waals surface area contributed by atoms with Crippen molar-refractivity contribution in [3.8, 4) is 0 Å². The predicted molar refractivity (Wildman–Crippen MR) is 88.3 cm³/mol. The molecule has 2 aromatic rings. The Kier molecular flexibility index (Phi) is 6.45. The van der Waals surface area contributed by atoms with Gasteiger partial charge in [-0.2, -0.15) is 0 Å². The molecule has 21 heavy (non-hydrogen) atoms. The fourth-order valence-electron chi connectivity index (χ4n) is 2.25. The van der Waals surface area contributed by atoms with E-state index in [0.29, 0.717) is 6.61 Å². The van der Waals surface area contributed by atoms with Crippen molar-refractivity contribution in [2.24, 2.45) is 0 Å². The molecule has 0 aliphatic heterocycles. The van der Waals surface area contributed by atoms with Gasteiger partial charge in [-0.15, -0.1) is 0 Å². The van der Waals surface area contributed by atoms with Gasteiger partial charge in [-0.1, -0.05) is 61.5 Å². The standard InChI is InChI=1S/C19H25NO/c1-3-20-14-13-17-9-11-18(12-10-17)15-21-16(2)19-7-5-4-6-8-19/h4-12,16,20H,3,13-15H2,1-2H3. The Labute approximate surface area is 128 Å². The maximum absolute atomic E-state index is 5.94. The molecule has 2 aromatic carbocycles. The fourth-order valence-corrected chi connectivity index (χ4v) is 2.25. The maximum atomic E-state index is 5.94. The molecule has 0 heterocycles. The molecule has 0 saturated heterocycles. The molecule has 0 aliphatic rings. The first kappa shape index (κ1) is 15.7. The van der Waals surface area contributed by atoms with Gasteiger partial charge in [0.05, 0.1) is 12.7 Å². The highest BCUT2D eigenvalue weighted by molar-refractivity contribution is 5.22. The highest BCUT2D eigenvalue weighted by Gasteiger charge is 2.05. The van der Waals surface area contributed by atoms with Gasteiger partial charge in [0.25, 0.3) is 0 Å². The van der Waals surface area contributed by atoms with Crippen LogP contribution >= 0.6 is 0 Å². The van der Waals surface area contributed by atoms with Crippen molar-refractivity contribution >= 4 is 0 Å². The van der Waals surface area contributed by atoms with Crippen molar-refractivity contribution < 1.29 is 4.74 Å². The molecule has 1 N–H and O–H groups in total. The molecule has 112 valence electrons. The summed E-state index contributed by atoms with van der Waals surface area (Å²) in [5.74, 6) is 0. The van der Waals surface area contributed by atoms with E-state index in [0.717, 1.165) is 19.5 Å². The SMILES string of the molecule is CCNCCc1ccc(COC(C)c2ccccc2)cc1. The minimum absolute atomic E-state index is 0.125. The lowest BCUT2D eigenvalue weighted by Gasteiger charge is -2.13. The van der Waals surface area contributed by atoms with Crippen LogP contribution in [0, 0.1) is 0 Å². The smallest absolute Gasteiger partial charge is 0.0801 e. The molecule has 1 unspecified atom stereocenters. The summed E-state index contributed by atoms with van der Waals surface area (Å²) in [5.41, 5.74) is 3.82. The summed E-state index contributed by atoms with van der Waals surface area (Å²) in [5, 5.41) is 3.34. The highest BCUT2D eigenvalue weighted by atomic mass is 16.5. The van der Waals surface area contributed by atoms with E-state index in [4.69, 9.17) is 4.74 Å². The third kappa shape index (κ3) is 5.33. The normalized spacial score (nSPS) is 12.3. The van der Waals surface area contributed by atoms with Crippen LogP contribution in [0.3, 0.4) is 0 Å². The van der Waals surface area contributed by atoms with Crippen molar-refractivity contribution in [3.05, 3.63) is 71.3 Å². The summed E-state index contributed by atoms with van der Waals surface area (Å²) in [6.07, 6.45) is 1.20. The van der Waals surface area contributed by atoms with E-state index < -0.39 is 0 Å². The van der Waals surface area contributed by atoms with Gasteiger partial charge >= 0.3 is 0 Å². The van der Waals surface area contributed by atoms with Crippen LogP contribution in [0.2, 0.25) is 0 Å². The van der Waals surface area contributed by atoms with Crippen LogP contribution in [0.4, 0.5) is 0 Å². The van der Waals surface area contributed by atoms with Gasteiger partial charge in [-0.3, -0.25) is 0 Å². The number of hydrogen-bond acceptors (Lipinski definition) is 2.